The van der Waals surface area contributed by atoms with Gasteiger partial charge in [0, 0.05) is 0 Å². The number of amides is 1. The molecule has 1 atom stereocenters. The van der Waals surface area contributed by atoms with Gasteiger partial charge in [0.1, 0.15) is 0 Å². The second kappa shape index (κ2) is 3.27. The molecule has 2 saturated heterocycles. The van der Waals surface area contributed by atoms with Crippen molar-refractivity contribution in [3.05, 3.63) is 0 Å². The standard InChI is InChI=1S/C9H16N2O2/c10-8(12)7-5-9(13-6-7)1-3-11-4-2-9/h7,11H,1-6H2,(H2,10,12). The molecule has 0 bridgehead atoms. The van der Waals surface area contributed by atoms with Crippen LogP contribution >= 0.6 is 0 Å². The number of hydrogen-bond donors (Lipinski definition) is 2. The zero-order valence-electron chi connectivity index (χ0n) is 7.71. The van der Waals surface area contributed by atoms with Crippen LogP contribution in [0, 0.1) is 5.92 Å². The summed E-state index contributed by atoms with van der Waals surface area (Å²) in [4.78, 5) is 11.0. The van der Waals surface area contributed by atoms with Crippen LogP contribution in [0.1, 0.15) is 19.3 Å². The molecular weight excluding hydrogens is 168 g/mol. The van der Waals surface area contributed by atoms with Gasteiger partial charge in [0.25, 0.3) is 0 Å². The van der Waals surface area contributed by atoms with Crippen LogP contribution in [0.15, 0.2) is 0 Å². The lowest BCUT2D eigenvalue weighted by atomic mass is 9.86. The molecule has 2 aliphatic rings. The lowest BCUT2D eigenvalue weighted by Crippen LogP contribution is -2.41. The van der Waals surface area contributed by atoms with E-state index in [0.29, 0.717) is 6.61 Å². The predicted molar refractivity (Wildman–Crippen MR) is 48.1 cm³/mol. The van der Waals surface area contributed by atoms with Crippen molar-refractivity contribution in [1.29, 1.82) is 0 Å². The number of carbonyl (C=O) groups excluding carboxylic acids is 1. The zero-order chi connectivity index (χ0) is 9.31. The normalized spacial score (nSPS) is 32.2. The van der Waals surface area contributed by atoms with Gasteiger partial charge in [0.05, 0.1) is 18.1 Å². The molecule has 2 heterocycles. The Balaban J connectivity index is 1.98. The van der Waals surface area contributed by atoms with Gasteiger partial charge < -0.3 is 15.8 Å². The second-order valence-electron chi connectivity index (χ2n) is 4.05. The van der Waals surface area contributed by atoms with E-state index >= 15 is 0 Å². The first-order valence-corrected chi connectivity index (χ1v) is 4.86. The number of piperidine rings is 1. The Bertz CT molecular complexity index is 212. The molecule has 4 heteroatoms. The number of nitrogens with one attached hydrogen (secondary N) is 1. The molecule has 0 saturated carbocycles. The van der Waals surface area contributed by atoms with Crippen molar-refractivity contribution < 1.29 is 9.53 Å². The van der Waals surface area contributed by atoms with Crippen LogP contribution in [0.2, 0.25) is 0 Å². The van der Waals surface area contributed by atoms with Gasteiger partial charge in [-0.05, 0) is 32.4 Å². The predicted octanol–water partition coefficient (Wildman–Crippen LogP) is -0.370. The average molecular weight is 184 g/mol. The van der Waals surface area contributed by atoms with Crippen molar-refractivity contribution in [3.8, 4) is 0 Å². The highest BCUT2D eigenvalue weighted by Gasteiger charge is 2.42. The molecule has 1 unspecified atom stereocenters. The number of nitrogens with two attached hydrogens (primary N) is 1. The fourth-order valence-corrected chi connectivity index (χ4v) is 2.26. The fraction of sp³-hybridized carbons (Fsp3) is 0.889. The average Bonchev–Trinajstić information content (AvgIpc) is 2.51. The number of primary amides is 1. The van der Waals surface area contributed by atoms with Crippen LogP contribution in [0.3, 0.4) is 0 Å². The minimum Gasteiger partial charge on any atom is -0.374 e. The fourth-order valence-electron chi connectivity index (χ4n) is 2.26. The monoisotopic (exact) mass is 184 g/mol. The van der Waals surface area contributed by atoms with Crippen molar-refractivity contribution in [3.63, 3.8) is 0 Å². The van der Waals surface area contributed by atoms with Crippen LogP contribution in [0.25, 0.3) is 0 Å². The Labute approximate surface area is 77.8 Å². The highest BCUT2D eigenvalue weighted by molar-refractivity contribution is 5.77. The Morgan fingerprint density at radius 2 is 2.15 bits per heavy atom. The molecule has 1 amide bonds. The maximum absolute atomic E-state index is 11.0. The molecule has 3 N–H and O–H groups in total. The molecule has 0 aromatic rings. The van der Waals surface area contributed by atoms with Crippen molar-refractivity contribution in [2.45, 2.75) is 24.9 Å². The van der Waals surface area contributed by atoms with Crippen LogP contribution in [0.5, 0.6) is 0 Å². The van der Waals surface area contributed by atoms with Gasteiger partial charge >= 0.3 is 0 Å². The SMILES string of the molecule is NC(=O)C1COC2(CCNCC2)C1. The van der Waals surface area contributed by atoms with Crippen molar-refractivity contribution in [2.24, 2.45) is 11.7 Å². The van der Waals surface area contributed by atoms with E-state index in [9.17, 15) is 4.79 Å². The number of carbonyl (C=O) groups is 1. The molecule has 0 radical (unpaired) electrons. The summed E-state index contributed by atoms with van der Waals surface area (Å²) in [5, 5.41) is 3.28. The van der Waals surface area contributed by atoms with E-state index in [1.54, 1.807) is 0 Å². The summed E-state index contributed by atoms with van der Waals surface area (Å²) in [7, 11) is 0. The maximum atomic E-state index is 11.0. The summed E-state index contributed by atoms with van der Waals surface area (Å²) in [5.74, 6) is -0.270. The third-order valence-electron chi connectivity index (χ3n) is 3.13. The third-order valence-corrected chi connectivity index (χ3v) is 3.13. The second-order valence-corrected chi connectivity index (χ2v) is 4.05. The van der Waals surface area contributed by atoms with Gasteiger partial charge in [-0.2, -0.15) is 0 Å². The smallest absolute Gasteiger partial charge is 0.222 e. The van der Waals surface area contributed by atoms with Gasteiger partial charge in [-0.25, -0.2) is 0 Å². The Hall–Kier alpha value is -0.610. The largest absolute Gasteiger partial charge is 0.374 e. The highest BCUT2D eigenvalue weighted by atomic mass is 16.5. The Kier molecular flexibility index (Phi) is 2.26. The van der Waals surface area contributed by atoms with E-state index in [1.807, 2.05) is 0 Å². The molecule has 1 spiro atoms. The molecular formula is C9H16N2O2. The van der Waals surface area contributed by atoms with E-state index < -0.39 is 0 Å². The summed E-state index contributed by atoms with van der Waals surface area (Å²) in [6, 6.07) is 0. The third kappa shape index (κ3) is 1.69. The molecule has 0 aromatic carbocycles. The quantitative estimate of drug-likeness (QED) is 0.584. The minimum absolute atomic E-state index is 0.0368. The van der Waals surface area contributed by atoms with Crippen LogP contribution in [-0.4, -0.2) is 31.2 Å². The first-order chi connectivity index (χ1) is 6.22. The summed E-state index contributed by atoms with van der Waals surface area (Å²) < 4.78 is 5.71. The number of ether oxygens (including phenoxy) is 1. The van der Waals surface area contributed by atoms with E-state index in [4.69, 9.17) is 10.5 Å². The number of hydrogen-bond acceptors (Lipinski definition) is 3. The number of rotatable bonds is 1. The van der Waals surface area contributed by atoms with Gasteiger partial charge in [0.2, 0.25) is 5.91 Å². The first-order valence-electron chi connectivity index (χ1n) is 4.86. The maximum Gasteiger partial charge on any atom is 0.222 e. The van der Waals surface area contributed by atoms with Crippen LogP contribution < -0.4 is 11.1 Å². The lowest BCUT2D eigenvalue weighted by molar-refractivity contribution is -0.121. The molecule has 4 nitrogen and oxygen atoms in total. The lowest BCUT2D eigenvalue weighted by Gasteiger charge is -2.32. The summed E-state index contributed by atoms with van der Waals surface area (Å²) in [5.41, 5.74) is 5.22. The van der Waals surface area contributed by atoms with E-state index in [0.717, 1.165) is 32.4 Å². The van der Waals surface area contributed by atoms with Crippen molar-refractivity contribution >= 4 is 5.91 Å². The zero-order valence-corrected chi connectivity index (χ0v) is 7.71. The van der Waals surface area contributed by atoms with Crippen LogP contribution in [0.4, 0.5) is 0 Å². The molecule has 2 aliphatic heterocycles. The molecule has 74 valence electrons. The topological polar surface area (TPSA) is 64.4 Å². The van der Waals surface area contributed by atoms with Crippen molar-refractivity contribution in [2.75, 3.05) is 19.7 Å². The molecule has 0 aliphatic carbocycles. The summed E-state index contributed by atoms with van der Waals surface area (Å²) in [6.07, 6.45) is 2.84. The molecule has 2 fully saturated rings. The first kappa shape index (κ1) is 8.97. The van der Waals surface area contributed by atoms with Gasteiger partial charge in [-0.15, -0.1) is 0 Å². The molecule has 0 aromatic heterocycles. The van der Waals surface area contributed by atoms with Gasteiger partial charge in [0.15, 0.2) is 0 Å². The summed E-state index contributed by atoms with van der Waals surface area (Å²) in [6.45, 7) is 2.51. The molecule has 2 rings (SSSR count). The summed E-state index contributed by atoms with van der Waals surface area (Å²) >= 11 is 0. The Morgan fingerprint density at radius 3 is 2.69 bits per heavy atom. The van der Waals surface area contributed by atoms with E-state index in [1.165, 1.54) is 0 Å². The van der Waals surface area contributed by atoms with E-state index in [2.05, 4.69) is 5.32 Å². The van der Waals surface area contributed by atoms with Crippen molar-refractivity contribution in [1.82, 2.24) is 5.32 Å². The van der Waals surface area contributed by atoms with Crippen LogP contribution in [-0.2, 0) is 9.53 Å². The highest BCUT2D eigenvalue weighted by Crippen LogP contribution is 2.36. The van der Waals surface area contributed by atoms with E-state index in [-0.39, 0.29) is 17.4 Å². The van der Waals surface area contributed by atoms with Gasteiger partial charge in [-0.3, -0.25) is 4.79 Å². The molecule has 13 heavy (non-hydrogen) atoms. The Morgan fingerprint density at radius 1 is 1.46 bits per heavy atom. The minimum atomic E-state index is -0.213. The van der Waals surface area contributed by atoms with Gasteiger partial charge in [-0.1, -0.05) is 0 Å².